The van der Waals surface area contributed by atoms with Crippen LogP contribution >= 0.6 is 11.8 Å². The van der Waals surface area contributed by atoms with Crippen LogP contribution in [0.4, 0.5) is 0 Å². The molecule has 0 bridgehead atoms. The van der Waals surface area contributed by atoms with Crippen molar-refractivity contribution in [3.8, 4) is 0 Å². The number of ether oxygens (including phenoxy) is 1. The third kappa shape index (κ3) is 3.10. The van der Waals surface area contributed by atoms with Gasteiger partial charge in [-0.15, -0.1) is 5.10 Å². The number of fused-ring (bicyclic) bond motifs is 3. The lowest BCUT2D eigenvalue weighted by Gasteiger charge is -2.09. The fraction of sp³-hybridized carbons (Fsp3) is 0.353. The minimum Gasteiger partial charge on any atom is -0.449 e. The summed E-state index contributed by atoms with van der Waals surface area (Å²) in [5.74, 6) is 0.993. The molecule has 4 heterocycles. The number of rotatable bonds is 5. The van der Waals surface area contributed by atoms with Gasteiger partial charge < -0.3 is 14.1 Å². The first-order valence-corrected chi connectivity index (χ1v) is 9.67. The van der Waals surface area contributed by atoms with E-state index in [4.69, 9.17) is 9.15 Å². The number of nitrogens with one attached hydrogen (secondary N) is 1. The Morgan fingerprint density at radius 3 is 3.15 bits per heavy atom. The van der Waals surface area contributed by atoms with Gasteiger partial charge in [-0.1, -0.05) is 23.9 Å². The Bertz CT molecular complexity index is 1160. The van der Waals surface area contributed by atoms with Crippen LogP contribution in [0.2, 0.25) is 0 Å². The van der Waals surface area contributed by atoms with Crippen molar-refractivity contribution in [3.63, 3.8) is 0 Å². The van der Waals surface area contributed by atoms with Crippen molar-refractivity contribution in [2.75, 3.05) is 6.61 Å². The Labute approximate surface area is 157 Å². The van der Waals surface area contributed by atoms with Crippen LogP contribution in [0, 0.1) is 0 Å². The van der Waals surface area contributed by atoms with Crippen LogP contribution in [0.15, 0.2) is 38.6 Å². The highest BCUT2D eigenvalue weighted by Gasteiger charge is 2.19. The molecule has 1 aromatic carbocycles. The molecular formula is C17H16N6O3S. The van der Waals surface area contributed by atoms with Gasteiger partial charge in [0.25, 0.3) is 5.56 Å². The van der Waals surface area contributed by atoms with Crippen LogP contribution in [0.3, 0.4) is 0 Å². The number of aromatic nitrogens is 6. The van der Waals surface area contributed by atoms with Gasteiger partial charge in [0.05, 0.1) is 18.4 Å². The fourth-order valence-electron chi connectivity index (χ4n) is 3.24. The van der Waals surface area contributed by atoms with Crippen molar-refractivity contribution < 1.29 is 9.15 Å². The van der Waals surface area contributed by atoms with Gasteiger partial charge in [-0.3, -0.25) is 4.79 Å². The summed E-state index contributed by atoms with van der Waals surface area (Å²) in [4.78, 5) is 19.7. The predicted molar refractivity (Wildman–Crippen MR) is 98.5 cm³/mol. The summed E-state index contributed by atoms with van der Waals surface area (Å²) in [6.45, 7) is 1.42. The monoisotopic (exact) mass is 384 g/mol. The molecule has 1 saturated heterocycles. The Morgan fingerprint density at radius 1 is 1.33 bits per heavy atom. The second-order valence-corrected chi connectivity index (χ2v) is 7.30. The zero-order chi connectivity index (χ0) is 18.2. The summed E-state index contributed by atoms with van der Waals surface area (Å²) in [7, 11) is 0. The topological polar surface area (TPSA) is 112 Å². The molecule has 3 aromatic heterocycles. The molecule has 27 heavy (non-hydrogen) atoms. The number of tetrazole rings is 1. The molecule has 138 valence electrons. The van der Waals surface area contributed by atoms with Crippen molar-refractivity contribution in [2.45, 2.75) is 36.4 Å². The van der Waals surface area contributed by atoms with Gasteiger partial charge in [0.1, 0.15) is 16.9 Å². The van der Waals surface area contributed by atoms with E-state index in [-0.39, 0.29) is 17.2 Å². The highest BCUT2D eigenvalue weighted by Crippen LogP contribution is 2.26. The first-order chi connectivity index (χ1) is 13.3. The van der Waals surface area contributed by atoms with E-state index in [1.807, 2.05) is 24.3 Å². The third-order valence-corrected chi connectivity index (χ3v) is 5.49. The van der Waals surface area contributed by atoms with Crippen LogP contribution in [0.1, 0.15) is 18.7 Å². The summed E-state index contributed by atoms with van der Waals surface area (Å²) < 4.78 is 13.0. The molecule has 1 fully saturated rings. The molecule has 9 nitrogen and oxygen atoms in total. The number of thioether (sulfide) groups is 1. The normalized spacial score (nSPS) is 17.3. The summed E-state index contributed by atoms with van der Waals surface area (Å²) in [5.41, 5.74) is 1.18. The van der Waals surface area contributed by atoms with E-state index in [1.165, 1.54) is 11.8 Å². The van der Waals surface area contributed by atoms with Crippen molar-refractivity contribution in [1.29, 1.82) is 0 Å². The van der Waals surface area contributed by atoms with Gasteiger partial charge in [0.2, 0.25) is 10.7 Å². The predicted octanol–water partition coefficient (Wildman–Crippen LogP) is 2.13. The summed E-state index contributed by atoms with van der Waals surface area (Å²) in [6.07, 6.45) is 2.24. The van der Waals surface area contributed by atoms with E-state index < -0.39 is 0 Å². The number of hydrogen-bond acceptors (Lipinski definition) is 8. The molecule has 1 unspecified atom stereocenters. The van der Waals surface area contributed by atoms with Crippen molar-refractivity contribution in [3.05, 3.63) is 40.4 Å². The maximum atomic E-state index is 12.4. The lowest BCUT2D eigenvalue weighted by molar-refractivity contribution is 0.0912. The number of aromatic amines is 1. The molecule has 0 aliphatic carbocycles. The van der Waals surface area contributed by atoms with Gasteiger partial charge in [-0.05, 0) is 35.4 Å². The molecule has 0 saturated carbocycles. The SMILES string of the molecule is O=c1[nH]c(CSc2nnnn2CC2CCCO2)nc2c1oc1ccccc12. The smallest absolute Gasteiger partial charge is 0.294 e. The van der Waals surface area contributed by atoms with Gasteiger partial charge in [-0.25, -0.2) is 9.67 Å². The van der Waals surface area contributed by atoms with E-state index in [0.717, 1.165) is 24.8 Å². The average molecular weight is 384 g/mol. The molecule has 1 N–H and O–H groups in total. The quantitative estimate of drug-likeness (QED) is 0.521. The van der Waals surface area contributed by atoms with Crippen molar-refractivity contribution >= 4 is 33.8 Å². The molecule has 0 amide bonds. The zero-order valence-corrected chi connectivity index (χ0v) is 15.1. The molecule has 4 aromatic rings. The molecule has 0 spiro atoms. The van der Waals surface area contributed by atoms with Crippen LogP contribution < -0.4 is 5.56 Å². The van der Waals surface area contributed by atoms with Gasteiger partial charge in [0.15, 0.2) is 0 Å². The summed E-state index contributed by atoms with van der Waals surface area (Å²) >= 11 is 1.42. The Hall–Kier alpha value is -2.72. The van der Waals surface area contributed by atoms with E-state index in [2.05, 4.69) is 25.5 Å². The van der Waals surface area contributed by atoms with E-state index in [1.54, 1.807) is 4.68 Å². The fourth-order valence-corrected chi connectivity index (χ4v) is 4.00. The lowest BCUT2D eigenvalue weighted by Crippen LogP contribution is -2.17. The molecule has 0 radical (unpaired) electrons. The standard InChI is InChI=1S/C17H16N6O3S/c24-16-15-14(11-5-1-2-6-12(11)26-15)18-13(19-16)9-27-17-20-21-22-23(17)8-10-4-3-7-25-10/h1-2,5-6,10H,3-4,7-9H2,(H,18,19,24). The minimum absolute atomic E-state index is 0.152. The van der Waals surface area contributed by atoms with Crippen molar-refractivity contribution in [2.24, 2.45) is 0 Å². The number of furan rings is 1. The number of nitrogens with zero attached hydrogens (tertiary/aromatic N) is 5. The van der Waals surface area contributed by atoms with Crippen LogP contribution in [-0.2, 0) is 17.0 Å². The molecule has 1 atom stereocenters. The zero-order valence-electron chi connectivity index (χ0n) is 14.3. The molecule has 1 aliphatic heterocycles. The van der Waals surface area contributed by atoms with Crippen LogP contribution in [0.5, 0.6) is 0 Å². The second-order valence-electron chi connectivity index (χ2n) is 6.36. The Morgan fingerprint density at radius 2 is 2.26 bits per heavy atom. The number of benzene rings is 1. The van der Waals surface area contributed by atoms with E-state index in [9.17, 15) is 4.79 Å². The van der Waals surface area contributed by atoms with Gasteiger partial charge in [-0.2, -0.15) is 0 Å². The molecular weight excluding hydrogens is 368 g/mol. The first kappa shape index (κ1) is 16.5. The second kappa shape index (κ2) is 6.78. The lowest BCUT2D eigenvalue weighted by atomic mass is 10.2. The maximum Gasteiger partial charge on any atom is 0.294 e. The Balaban J connectivity index is 1.40. The third-order valence-electron chi connectivity index (χ3n) is 4.52. The largest absolute Gasteiger partial charge is 0.449 e. The Kier molecular flexibility index (Phi) is 4.13. The average Bonchev–Trinajstić information content (AvgIpc) is 3.41. The summed E-state index contributed by atoms with van der Waals surface area (Å²) in [5, 5.41) is 13.4. The van der Waals surface area contributed by atoms with Crippen LogP contribution in [-0.4, -0.2) is 42.9 Å². The van der Waals surface area contributed by atoms with E-state index >= 15 is 0 Å². The maximum absolute atomic E-state index is 12.4. The summed E-state index contributed by atoms with van der Waals surface area (Å²) in [6, 6.07) is 7.48. The minimum atomic E-state index is -0.286. The highest BCUT2D eigenvalue weighted by atomic mass is 32.2. The van der Waals surface area contributed by atoms with E-state index in [0.29, 0.717) is 34.4 Å². The number of para-hydroxylation sites is 1. The number of H-pyrrole nitrogens is 1. The molecule has 10 heteroatoms. The number of hydrogen-bond donors (Lipinski definition) is 1. The first-order valence-electron chi connectivity index (χ1n) is 8.69. The molecule has 5 rings (SSSR count). The highest BCUT2D eigenvalue weighted by molar-refractivity contribution is 7.98. The van der Waals surface area contributed by atoms with Crippen LogP contribution in [0.25, 0.3) is 22.1 Å². The van der Waals surface area contributed by atoms with Gasteiger partial charge >= 0.3 is 0 Å². The van der Waals surface area contributed by atoms with Crippen molar-refractivity contribution in [1.82, 2.24) is 30.2 Å². The molecule has 1 aliphatic rings. The van der Waals surface area contributed by atoms with Gasteiger partial charge in [0, 0.05) is 12.0 Å².